The number of nitrogens with one attached hydrogen (secondary N) is 1. The van der Waals surface area contributed by atoms with Crippen LogP contribution in [0.5, 0.6) is 0 Å². The summed E-state index contributed by atoms with van der Waals surface area (Å²) in [4.78, 5) is 20.1. The molecule has 0 saturated carbocycles. The molecule has 0 aromatic carbocycles. The maximum Gasteiger partial charge on any atom is 0.243 e. The van der Waals surface area contributed by atoms with E-state index >= 15 is 0 Å². The first-order valence-electron chi connectivity index (χ1n) is 7.35. The number of nitrogens with zero attached hydrogens (tertiary/aromatic N) is 2. The number of halogens is 1. The monoisotopic (exact) mass is 345 g/mol. The molecular formula is C15H24ClN3O2S. The molecule has 1 aromatic heterocycles. The van der Waals surface area contributed by atoms with Gasteiger partial charge in [-0.3, -0.25) is 9.69 Å². The van der Waals surface area contributed by atoms with E-state index in [1.807, 2.05) is 0 Å². The predicted octanol–water partition coefficient (Wildman–Crippen LogP) is 2.20. The van der Waals surface area contributed by atoms with Crippen molar-refractivity contribution in [2.45, 2.75) is 25.7 Å². The number of aromatic nitrogens is 1. The normalized spacial score (nSPS) is 13.1. The van der Waals surface area contributed by atoms with E-state index in [0.717, 1.165) is 18.0 Å². The third-order valence-corrected chi connectivity index (χ3v) is 4.62. The van der Waals surface area contributed by atoms with Gasteiger partial charge in [-0.05, 0) is 25.7 Å². The van der Waals surface area contributed by atoms with E-state index in [1.54, 1.807) is 29.4 Å². The van der Waals surface area contributed by atoms with Crippen LogP contribution in [0.4, 0.5) is 5.13 Å². The first kappa shape index (κ1) is 19.1. The van der Waals surface area contributed by atoms with Crippen LogP contribution in [0.25, 0.3) is 0 Å². The van der Waals surface area contributed by atoms with Gasteiger partial charge in [-0.25, -0.2) is 4.98 Å². The number of thiazole rings is 1. The van der Waals surface area contributed by atoms with Crippen molar-refractivity contribution < 1.29 is 9.53 Å². The lowest BCUT2D eigenvalue weighted by Crippen LogP contribution is -2.39. The minimum absolute atomic E-state index is 0. The number of fused-ring (bicyclic) bond motifs is 1. The molecule has 1 amide bonds. The highest BCUT2D eigenvalue weighted by atomic mass is 35.5. The Hall–Kier alpha value is -0.950. The minimum Gasteiger partial charge on any atom is -0.383 e. The summed E-state index contributed by atoms with van der Waals surface area (Å²) in [5.41, 5.74) is 1.18. The highest BCUT2D eigenvalue weighted by Crippen LogP contribution is 2.31. The van der Waals surface area contributed by atoms with E-state index in [-0.39, 0.29) is 18.3 Å². The second-order valence-electron chi connectivity index (χ2n) is 5.04. The Kier molecular flexibility index (Phi) is 8.63. The van der Waals surface area contributed by atoms with Crippen LogP contribution < -0.4 is 10.2 Å². The highest BCUT2D eigenvalue weighted by molar-refractivity contribution is 7.16. The molecule has 1 heterocycles. The molecule has 1 aliphatic carbocycles. The Labute approximate surface area is 142 Å². The smallest absolute Gasteiger partial charge is 0.243 e. The van der Waals surface area contributed by atoms with Crippen molar-refractivity contribution in [3.05, 3.63) is 23.2 Å². The summed E-state index contributed by atoms with van der Waals surface area (Å²) in [6.45, 7) is 5.80. The maximum atomic E-state index is 12.4. The van der Waals surface area contributed by atoms with Crippen LogP contribution in [0.15, 0.2) is 12.7 Å². The zero-order valence-electron chi connectivity index (χ0n) is 13.0. The molecule has 124 valence electrons. The molecule has 0 spiro atoms. The van der Waals surface area contributed by atoms with Crippen molar-refractivity contribution in [3.63, 3.8) is 0 Å². The summed E-state index contributed by atoms with van der Waals surface area (Å²) in [7, 11) is 1.65. The van der Waals surface area contributed by atoms with E-state index in [9.17, 15) is 4.79 Å². The largest absolute Gasteiger partial charge is 0.383 e. The van der Waals surface area contributed by atoms with Gasteiger partial charge in [0.05, 0.1) is 18.8 Å². The lowest BCUT2D eigenvalue weighted by molar-refractivity contribution is -0.117. The van der Waals surface area contributed by atoms with Gasteiger partial charge in [0.2, 0.25) is 5.91 Å². The Morgan fingerprint density at radius 1 is 1.50 bits per heavy atom. The molecule has 1 N–H and O–H groups in total. The zero-order valence-corrected chi connectivity index (χ0v) is 14.6. The van der Waals surface area contributed by atoms with Crippen molar-refractivity contribution in [3.8, 4) is 0 Å². The van der Waals surface area contributed by atoms with Gasteiger partial charge >= 0.3 is 0 Å². The minimum atomic E-state index is 0. The standard InChI is InChI=1S/C15H23N3O2S.ClH/c1-3-9-18(14(19)11-16-8-10-20-2)15-17-12-6-4-5-7-13(12)21-15;/h3,16H,1,4-11H2,2H3;1H. The van der Waals surface area contributed by atoms with Gasteiger partial charge < -0.3 is 10.1 Å². The number of anilines is 1. The summed E-state index contributed by atoms with van der Waals surface area (Å²) in [6.07, 6.45) is 6.30. The van der Waals surface area contributed by atoms with Gasteiger partial charge in [-0.15, -0.1) is 30.3 Å². The summed E-state index contributed by atoms with van der Waals surface area (Å²) in [5, 5.41) is 3.89. The van der Waals surface area contributed by atoms with Crippen molar-refractivity contribution >= 4 is 34.8 Å². The molecule has 5 nitrogen and oxygen atoms in total. The van der Waals surface area contributed by atoms with Gasteiger partial charge in [0.15, 0.2) is 5.13 Å². The topological polar surface area (TPSA) is 54.5 Å². The average Bonchev–Trinajstić information content (AvgIpc) is 2.92. The van der Waals surface area contributed by atoms with Gasteiger partial charge in [0.25, 0.3) is 0 Å². The lowest BCUT2D eigenvalue weighted by atomic mass is 10.0. The zero-order chi connectivity index (χ0) is 15.1. The molecule has 0 unspecified atom stereocenters. The number of methoxy groups -OCH3 is 1. The van der Waals surface area contributed by atoms with Gasteiger partial charge in [0, 0.05) is 25.1 Å². The van der Waals surface area contributed by atoms with E-state index in [0.29, 0.717) is 26.2 Å². The molecule has 0 atom stereocenters. The summed E-state index contributed by atoms with van der Waals surface area (Å²) >= 11 is 1.65. The third-order valence-electron chi connectivity index (χ3n) is 3.44. The van der Waals surface area contributed by atoms with Crippen LogP contribution >= 0.6 is 23.7 Å². The molecule has 0 fully saturated rings. The first-order valence-corrected chi connectivity index (χ1v) is 8.17. The summed E-state index contributed by atoms with van der Waals surface area (Å²) in [5.74, 6) is 0.0251. The molecule has 0 bridgehead atoms. The number of carbonyl (C=O) groups is 1. The average molecular weight is 346 g/mol. The Morgan fingerprint density at radius 3 is 2.95 bits per heavy atom. The number of amides is 1. The van der Waals surface area contributed by atoms with Crippen LogP contribution in [0.1, 0.15) is 23.4 Å². The van der Waals surface area contributed by atoms with E-state index in [1.165, 1.54) is 23.4 Å². The number of rotatable bonds is 8. The van der Waals surface area contributed by atoms with Crippen molar-refractivity contribution in [2.24, 2.45) is 0 Å². The fourth-order valence-corrected chi connectivity index (χ4v) is 3.51. The fourth-order valence-electron chi connectivity index (χ4n) is 2.33. The number of hydrogen-bond acceptors (Lipinski definition) is 5. The van der Waals surface area contributed by atoms with Crippen LogP contribution in [0, 0.1) is 0 Å². The first-order chi connectivity index (χ1) is 10.3. The molecule has 1 aliphatic rings. The van der Waals surface area contributed by atoms with Crippen molar-refractivity contribution in [2.75, 3.05) is 38.3 Å². The van der Waals surface area contributed by atoms with Crippen LogP contribution in [0.3, 0.4) is 0 Å². The molecule has 0 radical (unpaired) electrons. The molecule has 0 saturated heterocycles. The maximum absolute atomic E-state index is 12.4. The molecule has 22 heavy (non-hydrogen) atoms. The van der Waals surface area contributed by atoms with E-state index in [2.05, 4.69) is 16.9 Å². The van der Waals surface area contributed by atoms with Gasteiger partial charge in [0.1, 0.15) is 0 Å². The molecule has 7 heteroatoms. The SMILES string of the molecule is C=CCN(C(=O)CNCCOC)c1nc2c(s1)CCCC2.Cl. The fraction of sp³-hybridized carbons (Fsp3) is 0.600. The number of ether oxygens (including phenoxy) is 1. The summed E-state index contributed by atoms with van der Waals surface area (Å²) < 4.78 is 4.96. The van der Waals surface area contributed by atoms with Gasteiger partial charge in [-0.2, -0.15) is 0 Å². The van der Waals surface area contributed by atoms with E-state index in [4.69, 9.17) is 4.74 Å². The molecular weight excluding hydrogens is 322 g/mol. The van der Waals surface area contributed by atoms with Crippen LogP contribution in [-0.2, 0) is 22.4 Å². The molecule has 1 aromatic rings. The highest BCUT2D eigenvalue weighted by Gasteiger charge is 2.21. The number of carbonyl (C=O) groups excluding carboxylic acids is 1. The van der Waals surface area contributed by atoms with Crippen molar-refractivity contribution in [1.29, 1.82) is 0 Å². The van der Waals surface area contributed by atoms with Gasteiger partial charge in [-0.1, -0.05) is 6.08 Å². The quantitative estimate of drug-likeness (QED) is 0.579. The Balaban J connectivity index is 0.00000242. The van der Waals surface area contributed by atoms with Crippen molar-refractivity contribution in [1.82, 2.24) is 10.3 Å². The van der Waals surface area contributed by atoms with E-state index < -0.39 is 0 Å². The Morgan fingerprint density at radius 2 is 2.27 bits per heavy atom. The second kappa shape index (κ2) is 9.94. The second-order valence-corrected chi connectivity index (χ2v) is 6.10. The number of hydrogen-bond donors (Lipinski definition) is 1. The predicted molar refractivity (Wildman–Crippen MR) is 93.3 cm³/mol. The Bertz CT molecular complexity index is 470. The molecule has 0 aliphatic heterocycles. The lowest BCUT2D eigenvalue weighted by Gasteiger charge is -2.18. The van der Waals surface area contributed by atoms with Crippen LogP contribution in [-0.4, -0.2) is 44.2 Å². The third kappa shape index (κ3) is 5.05. The number of aryl methyl sites for hydroxylation is 2. The summed E-state index contributed by atoms with van der Waals surface area (Å²) in [6, 6.07) is 0. The molecule has 2 rings (SSSR count). The van der Waals surface area contributed by atoms with Crippen LogP contribution in [0.2, 0.25) is 0 Å².